The predicted octanol–water partition coefficient (Wildman–Crippen LogP) is 10.1. The highest BCUT2D eigenvalue weighted by atomic mass is 19.1. The third-order valence-electron chi connectivity index (χ3n) is 10.2. The normalized spacial score (nSPS) is 33.6. The lowest BCUT2D eigenvalue weighted by atomic mass is 9.70. The summed E-state index contributed by atoms with van der Waals surface area (Å²) in [5.41, 5.74) is 0. The summed E-state index contributed by atoms with van der Waals surface area (Å²) in [4.78, 5) is 12.9. The summed E-state index contributed by atoms with van der Waals surface area (Å²) in [6, 6.07) is 0. The topological polar surface area (TPSA) is 35.5 Å². The van der Waals surface area contributed by atoms with Crippen molar-refractivity contribution in [2.75, 3.05) is 6.61 Å². The molecule has 3 nitrogen and oxygen atoms in total. The summed E-state index contributed by atoms with van der Waals surface area (Å²) in [5.74, 6) is 1.05. The number of unbranched alkanes of at least 4 members (excludes halogenated alkanes) is 9. The lowest BCUT2D eigenvalue weighted by Crippen LogP contribution is -2.39. The van der Waals surface area contributed by atoms with Crippen LogP contribution >= 0.6 is 0 Å². The van der Waals surface area contributed by atoms with E-state index >= 15 is 0 Å². The molecule has 3 saturated carbocycles. The number of carbonyl (C=O) groups is 1. The van der Waals surface area contributed by atoms with E-state index in [1.165, 1.54) is 64.2 Å². The van der Waals surface area contributed by atoms with E-state index in [0.717, 1.165) is 57.8 Å². The summed E-state index contributed by atoms with van der Waals surface area (Å²) in [7, 11) is 0. The van der Waals surface area contributed by atoms with Gasteiger partial charge in [0, 0.05) is 6.61 Å². The lowest BCUT2D eigenvalue weighted by molar-refractivity contribution is -0.162. The van der Waals surface area contributed by atoms with Crippen LogP contribution in [0.25, 0.3) is 0 Å². The van der Waals surface area contributed by atoms with Crippen LogP contribution in [0.5, 0.6) is 0 Å². The zero-order chi connectivity index (χ0) is 27.9. The van der Waals surface area contributed by atoms with Crippen molar-refractivity contribution < 1.29 is 23.0 Å². The molecule has 0 aromatic heterocycles. The summed E-state index contributed by atoms with van der Waals surface area (Å²) in [6.07, 6.45) is 20.3. The Labute approximate surface area is 238 Å². The van der Waals surface area contributed by atoms with Crippen LogP contribution in [-0.4, -0.2) is 37.1 Å². The average Bonchev–Trinajstić information content (AvgIpc) is 2.94. The van der Waals surface area contributed by atoms with Crippen molar-refractivity contribution in [3.63, 3.8) is 0 Å². The zero-order valence-corrected chi connectivity index (χ0v) is 25.4. The van der Waals surface area contributed by atoms with Gasteiger partial charge in [0.2, 0.25) is 0 Å². The molecule has 3 rings (SSSR count). The van der Waals surface area contributed by atoms with Crippen molar-refractivity contribution in [2.45, 2.75) is 180 Å². The molecule has 0 aromatic carbocycles. The summed E-state index contributed by atoms with van der Waals surface area (Å²) in [6.45, 7) is 5.14. The molecule has 0 amide bonds. The Hall–Kier alpha value is -0.710. The highest BCUT2D eigenvalue weighted by Gasteiger charge is 2.39. The lowest BCUT2D eigenvalue weighted by Gasteiger charge is -2.39. The van der Waals surface area contributed by atoms with Gasteiger partial charge < -0.3 is 9.47 Å². The molecule has 0 spiro atoms. The minimum atomic E-state index is -1.01. The highest BCUT2D eigenvalue weighted by Crippen LogP contribution is 2.42. The fourth-order valence-electron chi connectivity index (χ4n) is 7.52. The van der Waals surface area contributed by atoms with Gasteiger partial charge in [-0.05, 0) is 88.4 Å². The second-order valence-electron chi connectivity index (χ2n) is 13.3. The van der Waals surface area contributed by atoms with E-state index in [4.69, 9.17) is 9.47 Å². The van der Waals surface area contributed by atoms with Crippen molar-refractivity contribution in [3.05, 3.63) is 0 Å². The molecule has 5 heteroatoms. The van der Waals surface area contributed by atoms with Crippen molar-refractivity contribution >= 4 is 5.97 Å². The molecule has 6 atom stereocenters. The van der Waals surface area contributed by atoms with Crippen LogP contribution in [0.15, 0.2) is 0 Å². The standard InChI is InChI=1S/C34H60F2O3/c1-3-5-7-9-11-13-23-38-32-22-20-29(25-31(32)36)27-16-18-28(19-17-27)34(37)39-33-21-15-26(24-30(33)35)14-12-10-8-6-4-2/h26-33H,3-25H2,1-2H3. The smallest absolute Gasteiger partial charge is 0.309 e. The van der Waals surface area contributed by atoms with Crippen LogP contribution in [0.3, 0.4) is 0 Å². The van der Waals surface area contributed by atoms with Crippen LogP contribution in [0.4, 0.5) is 8.78 Å². The van der Waals surface area contributed by atoms with Crippen molar-refractivity contribution in [1.82, 2.24) is 0 Å². The van der Waals surface area contributed by atoms with E-state index in [1.807, 2.05) is 0 Å². The van der Waals surface area contributed by atoms with Crippen LogP contribution in [0.2, 0.25) is 0 Å². The first-order chi connectivity index (χ1) is 19.0. The Morgan fingerprint density at radius 3 is 1.90 bits per heavy atom. The minimum Gasteiger partial charge on any atom is -0.459 e. The molecule has 6 unspecified atom stereocenters. The minimum absolute atomic E-state index is 0.108. The van der Waals surface area contributed by atoms with E-state index in [2.05, 4.69) is 13.8 Å². The van der Waals surface area contributed by atoms with E-state index in [9.17, 15) is 13.6 Å². The molecule has 0 aromatic rings. The van der Waals surface area contributed by atoms with Gasteiger partial charge in [0.15, 0.2) is 0 Å². The summed E-state index contributed by atoms with van der Waals surface area (Å²) >= 11 is 0. The molecule has 0 radical (unpaired) electrons. The molecule has 0 heterocycles. The van der Waals surface area contributed by atoms with Gasteiger partial charge in [-0.2, -0.15) is 0 Å². The SMILES string of the molecule is CCCCCCCCOC1CCC(C2CCC(C(=O)OC3CCC(CCCCCCC)CC3F)CC2)CC1F. The van der Waals surface area contributed by atoms with Crippen LogP contribution in [0, 0.1) is 23.7 Å². The van der Waals surface area contributed by atoms with E-state index < -0.39 is 18.4 Å². The summed E-state index contributed by atoms with van der Waals surface area (Å²) in [5, 5.41) is 0. The molecular formula is C34H60F2O3. The molecule has 0 bridgehead atoms. The largest absolute Gasteiger partial charge is 0.459 e. The molecule has 0 saturated heterocycles. The number of hydrogen-bond donors (Lipinski definition) is 0. The molecule has 0 aliphatic heterocycles. The Morgan fingerprint density at radius 2 is 1.23 bits per heavy atom. The number of alkyl halides is 2. The van der Waals surface area contributed by atoms with Gasteiger partial charge in [-0.25, -0.2) is 8.78 Å². The maximum atomic E-state index is 14.9. The van der Waals surface area contributed by atoms with Crippen molar-refractivity contribution in [2.24, 2.45) is 23.7 Å². The molecule has 3 fully saturated rings. The second kappa shape index (κ2) is 18.7. The molecule has 39 heavy (non-hydrogen) atoms. The molecule has 0 N–H and O–H groups in total. The van der Waals surface area contributed by atoms with Crippen LogP contribution < -0.4 is 0 Å². The van der Waals surface area contributed by atoms with Gasteiger partial charge in [0.25, 0.3) is 0 Å². The molecular weight excluding hydrogens is 494 g/mol. The fraction of sp³-hybridized carbons (Fsp3) is 0.971. The molecule has 228 valence electrons. The number of esters is 1. The maximum Gasteiger partial charge on any atom is 0.309 e. The van der Waals surface area contributed by atoms with Gasteiger partial charge in [-0.3, -0.25) is 4.79 Å². The summed E-state index contributed by atoms with van der Waals surface area (Å²) < 4.78 is 41.5. The van der Waals surface area contributed by atoms with Gasteiger partial charge in [0.05, 0.1) is 12.0 Å². The third kappa shape index (κ3) is 11.6. The second-order valence-corrected chi connectivity index (χ2v) is 13.3. The third-order valence-corrected chi connectivity index (χ3v) is 10.2. The fourth-order valence-corrected chi connectivity index (χ4v) is 7.52. The Kier molecular flexibility index (Phi) is 15.7. The van der Waals surface area contributed by atoms with Crippen molar-refractivity contribution in [1.29, 1.82) is 0 Å². The molecule has 3 aliphatic rings. The quantitative estimate of drug-likeness (QED) is 0.133. The molecule has 3 aliphatic carbocycles. The monoisotopic (exact) mass is 554 g/mol. The number of hydrogen-bond acceptors (Lipinski definition) is 3. The number of rotatable bonds is 17. The van der Waals surface area contributed by atoms with E-state index in [-0.39, 0.29) is 18.0 Å². The van der Waals surface area contributed by atoms with E-state index in [1.54, 1.807) is 0 Å². The van der Waals surface area contributed by atoms with Crippen LogP contribution in [-0.2, 0) is 14.3 Å². The van der Waals surface area contributed by atoms with Crippen molar-refractivity contribution in [3.8, 4) is 0 Å². The van der Waals surface area contributed by atoms with Gasteiger partial charge in [-0.1, -0.05) is 84.5 Å². The highest BCUT2D eigenvalue weighted by molar-refractivity contribution is 5.72. The predicted molar refractivity (Wildman–Crippen MR) is 156 cm³/mol. The van der Waals surface area contributed by atoms with Gasteiger partial charge in [-0.15, -0.1) is 0 Å². The zero-order valence-electron chi connectivity index (χ0n) is 25.4. The van der Waals surface area contributed by atoms with Gasteiger partial charge >= 0.3 is 5.97 Å². The first-order valence-electron chi connectivity index (χ1n) is 17.1. The Bertz CT molecular complexity index is 650. The maximum absolute atomic E-state index is 14.9. The number of ether oxygens (including phenoxy) is 2. The first-order valence-corrected chi connectivity index (χ1v) is 17.1. The Morgan fingerprint density at radius 1 is 0.641 bits per heavy atom. The Balaban J connectivity index is 1.27. The average molecular weight is 555 g/mol. The van der Waals surface area contributed by atoms with E-state index in [0.29, 0.717) is 43.6 Å². The van der Waals surface area contributed by atoms with Gasteiger partial charge in [0.1, 0.15) is 18.4 Å². The first kappa shape index (κ1) is 32.8. The number of halogens is 2. The number of carbonyl (C=O) groups excluding carboxylic acids is 1. The van der Waals surface area contributed by atoms with Crippen LogP contribution in [0.1, 0.15) is 155 Å².